The van der Waals surface area contributed by atoms with Gasteiger partial charge in [0.25, 0.3) is 0 Å². The molecule has 10 aromatic rings. The molecule has 0 bridgehead atoms. The van der Waals surface area contributed by atoms with Crippen molar-refractivity contribution in [2.24, 2.45) is 0 Å². The van der Waals surface area contributed by atoms with Crippen LogP contribution in [0.15, 0.2) is 209 Å². The Kier molecular flexibility index (Phi) is 9.55. The van der Waals surface area contributed by atoms with Crippen LogP contribution >= 0.6 is 20.7 Å². The number of rotatable bonds is 9. The molecule has 7 aromatic carbocycles. The molecule has 0 radical (unpaired) electrons. The molecule has 0 N–H and O–H groups in total. The van der Waals surface area contributed by atoms with Crippen LogP contribution in [0.25, 0.3) is 88.6 Å². The molecule has 0 unspecified atom stereocenters. The Morgan fingerprint density at radius 1 is 0.656 bits per heavy atom. The van der Waals surface area contributed by atoms with E-state index in [1.165, 1.54) is 31.1 Å². The molecule has 5 nitrogen and oxygen atoms in total. The Hall–Kier alpha value is -7.16. The monoisotopic (exact) mass is 898 g/mol. The highest BCUT2D eigenvalue weighted by Gasteiger charge is 2.22. The van der Waals surface area contributed by atoms with Gasteiger partial charge >= 0.3 is 0 Å². The van der Waals surface area contributed by atoms with Crippen LogP contribution in [0.5, 0.6) is 0 Å². The van der Waals surface area contributed by atoms with Crippen LogP contribution in [0.3, 0.4) is 0 Å². The topological polar surface area (TPSA) is 47.1 Å². The predicted molar refractivity (Wildman–Crippen MR) is 266 cm³/mol. The van der Waals surface area contributed by atoms with Crippen molar-refractivity contribution in [1.82, 2.24) is 14.5 Å². The normalized spacial score (nSPS) is 13.2. The van der Waals surface area contributed by atoms with Crippen molar-refractivity contribution in [2.75, 3.05) is 11.4 Å². The third-order valence-corrected chi connectivity index (χ3v) is 13.8. The number of aromatic nitrogens is 3. The van der Waals surface area contributed by atoms with E-state index in [4.69, 9.17) is 14.4 Å². The molecule has 6 heteroatoms. The van der Waals surface area contributed by atoms with Crippen molar-refractivity contribution in [1.29, 1.82) is 0 Å². The van der Waals surface area contributed by atoms with E-state index < -0.39 is 0 Å². The Bertz CT molecular complexity index is 3460. The summed E-state index contributed by atoms with van der Waals surface area (Å²) in [5.74, 6) is 0.642. The molecule has 1 aliphatic rings. The maximum Gasteiger partial charge on any atom is 0.164 e. The number of allylic oxidation sites excluding steroid dienone is 5. The highest BCUT2D eigenvalue weighted by Crippen LogP contribution is 2.41. The van der Waals surface area contributed by atoms with E-state index in [-0.39, 0.29) is 20.7 Å². The Morgan fingerprint density at radius 3 is 2.18 bits per heavy atom. The molecule has 0 saturated heterocycles. The molecule has 4 heterocycles. The lowest BCUT2D eigenvalue weighted by Crippen LogP contribution is -2.29. The van der Waals surface area contributed by atoms with E-state index in [1.54, 1.807) is 0 Å². The number of nitrogens with zero attached hydrogens (tertiary/aromatic N) is 4. The van der Waals surface area contributed by atoms with Gasteiger partial charge in [-0.3, -0.25) is 0 Å². The van der Waals surface area contributed by atoms with Gasteiger partial charge in [-0.25, -0.2) is 9.97 Å². The summed E-state index contributed by atoms with van der Waals surface area (Å²) in [6.07, 6.45) is 13.4. The average Bonchev–Trinajstić information content (AvgIpc) is 3.89. The van der Waals surface area contributed by atoms with Gasteiger partial charge in [-0.05, 0) is 59.1 Å². The van der Waals surface area contributed by atoms with Gasteiger partial charge in [0.2, 0.25) is 0 Å². The zero-order chi connectivity index (χ0) is 40.7. The molecular formula is C55H39IN4O. The van der Waals surface area contributed by atoms with Crippen molar-refractivity contribution < 1.29 is 4.42 Å². The van der Waals surface area contributed by atoms with E-state index in [2.05, 4.69) is 203 Å². The lowest BCUT2D eigenvalue weighted by Gasteiger charge is -2.26. The molecule has 1 aliphatic heterocycles. The second kappa shape index (κ2) is 15.8. The SMILES string of the molecule is C/C=C(\C=C/CN(C1=IC=CC=C1)c1cccc2c3ccccc3n(-c3ccccc3)c12)c1cccc2c1oc1c(-c3nc(-c4ccccc4)c4ccccc4n3)cccc12. The first-order valence-electron chi connectivity index (χ1n) is 20.5. The van der Waals surface area contributed by atoms with E-state index >= 15 is 0 Å². The number of fused-ring (bicyclic) bond motifs is 7. The van der Waals surface area contributed by atoms with Crippen LogP contribution < -0.4 is 4.90 Å². The van der Waals surface area contributed by atoms with Crippen molar-refractivity contribution in [3.63, 3.8) is 0 Å². The molecule has 0 spiro atoms. The molecule has 0 amide bonds. The second-order valence-corrected chi connectivity index (χ2v) is 17.4. The minimum atomic E-state index is -0.338. The van der Waals surface area contributed by atoms with Crippen LogP contribution in [0.2, 0.25) is 0 Å². The maximum atomic E-state index is 6.95. The summed E-state index contributed by atoms with van der Waals surface area (Å²) in [5, 5.41) is 5.62. The van der Waals surface area contributed by atoms with Crippen molar-refractivity contribution in [2.45, 2.75) is 6.92 Å². The molecule has 0 saturated carbocycles. The standard InChI is InChI=1S/C55H39IN4O/c1-2-37(21-18-36-59(50-34-13-14-35-56-50)49-33-17-27-42-41-24-10-12-32-48(41)60(52(42)49)39-22-7-4-8-23-39)40-26-15-28-43-44-29-16-30-46(54(44)61-53(40)43)55-57-47-31-11-9-25-45(47)51(58-55)38-19-5-3-6-20-38/h2-35H,36H2,1H3/b21-18-,37-2+. The van der Waals surface area contributed by atoms with Crippen LogP contribution in [-0.2, 0) is 0 Å². The fraction of sp³-hybridized carbons (Fsp3) is 0.0364. The fourth-order valence-electron chi connectivity index (χ4n) is 8.69. The third-order valence-electron chi connectivity index (χ3n) is 11.5. The number of furan rings is 1. The van der Waals surface area contributed by atoms with Crippen molar-refractivity contribution >= 4 is 90.3 Å². The first-order chi connectivity index (χ1) is 30.2. The van der Waals surface area contributed by atoms with Gasteiger partial charge in [-0.2, -0.15) is 0 Å². The second-order valence-electron chi connectivity index (χ2n) is 15.0. The molecular weight excluding hydrogens is 860 g/mol. The summed E-state index contributed by atoms with van der Waals surface area (Å²) in [4.78, 5) is 12.8. The van der Waals surface area contributed by atoms with Crippen LogP contribution in [0, 0.1) is 0 Å². The molecule has 292 valence electrons. The summed E-state index contributed by atoms with van der Waals surface area (Å²) in [5.41, 5.74) is 12.2. The third kappa shape index (κ3) is 6.51. The van der Waals surface area contributed by atoms with Crippen LogP contribution in [0.4, 0.5) is 5.69 Å². The highest BCUT2D eigenvalue weighted by atomic mass is 127. The number of anilines is 1. The van der Waals surface area contributed by atoms with E-state index in [9.17, 15) is 0 Å². The quantitative estimate of drug-likeness (QED) is 0.107. The van der Waals surface area contributed by atoms with Gasteiger partial charge in [-0.1, -0.05) is 179 Å². The Balaban J connectivity index is 1.00. The zero-order valence-electron chi connectivity index (χ0n) is 33.4. The summed E-state index contributed by atoms with van der Waals surface area (Å²) in [6, 6.07) is 57.5. The maximum absolute atomic E-state index is 6.95. The van der Waals surface area contributed by atoms with Crippen LogP contribution in [0.1, 0.15) is 12.5 Å². The smallest absolute Gasteiger partial charge is 0.164 e. The van der Waals surface area contributed by atoms with Gasteiger partial charge < -0.3 is 13.9 Å². The number of halogens is 1. The molecule has 0 fully saturated rings. The van der Waals surface area contributed by atoms with Gasteiger partial charge in [0.05, 0.1) is 37.1 Å². The summed E-state index contributed by atoms with van der Waals surface area (Å²) < 4.78 is 13.1. The van der Waals surface area contributed by atoms with Gasteiger partial charge in [0.1, 0.15) is 11.2 Å². The minimum absolute atomic E-state index is 0.338. The Labute approximate surface area is 363 Å². The minimum Gasteiger partial charge on any atom is -0.455 e. The Morgan fingerprint density at radius 2 is 1.36 bits per heavy atom. The lowest BCUT2D eigenvalue weighted by atomic mass is 10.0. The first kappa shape index (κ1) is 36.9. The molecule has 0 atom stereocenters. The predicted octanol–water partition coefficient (Wildman–Crippen LogP) is 14.6. The van der Waals surface area contributed by atoms with Crippen molar-refractivity contribution in [3.05, 3.63) is 210 Å². The number of para-hydroxylation sites is 6. The van der Waals surface area contributed by atoms with Crippen molar-refractivity contribution in [3.8, 4) is 28.3 Å². The van der Waals surface area contributed by atoms with Gasteiger partial charge in [0, 0.05) is 50.3 Å². The lowest BCUT2D eigenvalue weighted by molar-refractivity contribution is 0.668. The fourth-order valence-corrected chi connectivity index (χ4v) is 10.7. The van der Waals surface area contributed by atoms with Crippen LogP contribution in [-0.4, -0.2) is 24.7 Å². The number of hydrogen-bond donors (Lipinski definition) is 0. The molecule has 0 aliphatic carbocycles. The van der Waals surface area contributed by atoms with Gasteiger partial charge in [0.15, 0.2) is 5.82 Å². The largest absolute Gasteiger partial charge is 0.455 e. The summed E-state index contributed by atoms with van der Waals surface area (Å²) in [7, 11) is 0. The number of hydrogen-bond acceptors (Lipinski definition) is 4. The van der Waals surface area contributed by atoms with Gasteiger partial charge in [-0.15, -0.1) is 0 Å². The molecule has 11 rings (SSSR count). The molecule has 3 aromatic heterocycles. The summed E-state index contributed by atoms with van der Waals surface area (Å²) in [6.45, 7) is 2.80. The van der Waals surface area contributed by atoms with E-state index in [1.807, 2.05) is 18.2 Å². The first-order valence-corrected chi connectivity index (χ1v) is 22.9. The van der Waals surface area contributed by atoms with E-state index in [0.717, 1.165) is 66.5 Å². The zero-order valence-corrected chi connectivity index (χ0v) is 35.6. The van der Waals surface area contributed by atoms with E-state index in [0.29, 0.717) is 12.4 Å². The number of benzene rings is 7. The highest BCUT2D eigenvalue weighted by molar-refractivity contribution is 14.2. The average molecular weight is 899 g/mol. The molecule has 61 heavy (non-hydrogen) atoms. The summed E-state index contributed by atoms with van der Waals surface area (Å²) >= 11 is -0.338.